The van der Waals surface area contributed by atoms with Crippen molar-refractivity contribution in [1.82, 2.24) is 0 Å². The molecule has 1 nitrogen and oxygen atoms in total. The molecule has 0 heterocycles. The minimum absolute atomic E-state index is 0.448. The maximum absolute atomic E-state index is 13.9. The lowest BCUT2D eigenvalue weighted by atomic mass is 9.70. The summed E-state index contributed by atoms with van der Waals surface area (Å²) in [4.78, 5) is -3.69. The van der Waals surface area contributed by atoms with Crippen molar-refractivity contribution in [1.29, 1.82) is 0 Å². The lowest BCUT2D eigenvalue weighted by molar-refractivity contribution is 0.0135. The van der Waals surface area contributed by atoms with Gasteiger partial charge in [0, 0.05) is 6.61 Å². The van der Waals surface area contributed by atoms with Crippen molar-refractivity contribution in [3.63, 3.8) is 0 Å². The first-order chi connectivity index (χ1) is 13.8. The molecule has 29 heavy (non-hydrogen) atoms. The SMILES string of the molecule is CCOC1CCC(C2CCC(CCc3cc(F)c(C(F)(F)Br)c(F)c3)CC2)CC1. The molecule has 0 saturated heterocycles. The first kappa shape index (κ1) is 23.1. The molecule has 1 aromatic carbocycles. The Labute approximate surface area is 179 Å². The zero-order valence-corrected chi connectivity index (χ0v) is 18.6. The molecule has 2 saturated carbocycles. The quantitative estimate of drug-likeness (QED) is 0.287. The highest BCUT2D eigenvalue weighted by Gasteiger charge is 2.35. The molecule has 0 spiro atoms. The second-order valence-electron chi connectivity index (χ2n) is 8.74. The summed E-state index contributed by atoms with van der Waals surface area (Å²) in [5.74, 6) is -0.214. The standard InChI is InChI=1S/C23H31BrF4O/c1-2-29-19-11-9-18(10-12-19)17-7-5-15(6-8-17)3-4-16-13-20(25)22(21(26)14-16)23(24,27)28/h13-15,17-19H,2-12H2,1H3. The number of rotatable bonds is 7. The Bertz CT molecular complexity index is 636. The van der Waals surface area contributed by atoms with Crippen LogP contribution in [0.4, 0.5) is 17.6 Å². The smallest absolute Gasteiger partial charge is 0.332 e. The predicted molar refractivity (Wildman–Crippen MR) is 110 cm³/mol. The van der Waals surface area contributed by atoms with Crippen molar-refractivity contribution in [3.8, 4) is 0 Å². The monoisotopic (exact) mass is 478 g/mol. The lowest BCUT2D eigenvalue weighted by Crippen LogP contribution is -2.28. The summed E-state index contributed by atoms with van der Waals surface area (Å²) in [7, 11) is 0. The van der Waals surface area contributed by atoms with Crippen LogP contribution >= 0.6 is 15.9 Å². The maximum atomic E-state index is 13.9. The van der Waals surface area contributed by atoms with Gasteiger partial charge >= 0.3 is 4.83 Å². The van der Waals surface area contributed by atoms with Crippen LogP contribution in [0.5, 0.6) is 0 Å². The first-order valence-corrected chi connectivity index (χ1v) is 11.7. The molecule has 3 rings (SSSR count). The van der Waals surface area contributed by atoms with Gasteiger partial charge in [0.15, 0.2) is 0 Å². The summed E-state index contributed by atoms with van der Waals surface area (Å²) in [6.45, 7) is 2.86. The second-order valence-corrected chi connectivity index (χ2v) is 9.74. The van der Waals surface area contributed by atoms with Crippen molar-refractivity contribution >= 4 is 15.9 Å². The van der Waals surface area contributed by atoms with Crippen molar-refractivity contribution in [2.45, 2.75) is 82.1 Å². The molecule has 6 heteroatoms. The molecule has 0 unspecified atom stereocenters. The Morgan fingerprint density at radius 1 is 0.931 bits per heavy atom. The van der Waals surface area contributed by atoms with E-state index in [-0.39, 0.29) is 0 Å². The minimum Gasteiger partial charge on any atom is -0.379 e. The molecule has 2 aliphatic carbocycles. The molecule has 2 fully saturated rings. The Hall–Kier alpha value is -0.620. The average Bonchev–Trinajstić information content (AvgIpc) is 2.66. The van der Waals surface area contributed by atoms with Crippen molar-refractivity contribution in [3.05, 3.63) is 34.9 Å². The second kappa shape index (κ2) is 10.1. The summed E-state index contributed by atoms with van der Waals surface area (Å²) >= 11 is 2.04. The third-order valence-electron chi connectivity index (χ3n) is 6.91. The number of ether oxygens (including phenoxy) is 1. The van der Waals surface area contributed by atoms with E-state index >= 15 is 0 Å². The van der Waals surface area contributed by atoms with Gasteiger partial charge in [-0.25, -0.2) is 8.78 Å². The van der Waals surface area contributed by atoms with Gasteiger partial charge in [-0.05, 0) is 110 Å². The van der Waals surface area contributed by atoms with E-state index in [1.807, 2.05) is 15.9 Å². The summed E-state index contributed by atoms with van der Waals surface area (Å²) < 4.78 is 60.2. The molecule has 0 amide bonds. The summed E-state index contributed by atoms with van der Waals surface area (Å²) in [5, 5.41) is 0. The highest BCUT2D eigenvalue weighted by Crippen LogP contribution is 2.42. The lowest BCUT2D eigenvalue weighted by Gasteiger charge is -2.37. The molecule has 0 aliphatic heterocycles. The number of alkyl halides is 3. The third-order valence-corrected chi connectivity index (χ3v) is 7.30. The number of hydrogen-bond donors (Lipinski definition) is 0. The zero-order valence-electron chi connectivity index (χ0n) is 17.0. The highest BCUT2D eigenvalue weighted by molar-refractivity contribution is 9.09. The molecule has 0 bridgehead atoms. The van der Waals surface area contributed by atoms with Gasteiger partial charge in [-0.1, -0.05) is 12.8 Å². The third kappa shape index (κ3) is 6.19. The molecule has 1 aromatic rings. The Balaban J connectivity index is 1.45. The van der Waals surface area contributed by atoms with Gasteiger partial charge < -0.3 is 4.74 Å². The number of hydrogen-bond acceptors (Lipinski definition) is 1. The van der Waals surface area contributed by atoms with E-state index in [9.17, 15) is 17.6 Å². The van der Waals surface area contributed by atoms with Crippen molar-refractivity contribution in [2.24, 2.45) is 17.8 Å². The Morgan fingerprint density at radius 3 is 1.93 bits per heavy atom. The minimum atomic E-state index is -3.69. The van der Waals surface area contributed by atoms with Crippen LogP contribution in [-0.4, -0.2) is 12.7 Å². The molecule has 0 aromatic heterocycles. The molecular weight excluding hydrogens is 448 g/mol. The van der Waals surface area contributed by atoms with Crippen molar-refractivity contribution < 1.29 is 22.3 Å². The maximum Gasteiger partial charge on any atom is 0.332 e. The van der Waals surface area contributed by atoms with Crippen molar-refractivity contribution in [2.75, 3.05) is 6.61 Å². The molecular formula is C23H31BrF4O. The van der Waals surface area contributed by atoms with Crippen LogP contribution in [0.25, 0.3) is 0 Å². The predicted octanol–water partition coefficient (Wildman–Crippen LogP) is 7.74. The summed E-state index contributed by atoms with van der Waals surface area (Å²) in [5.41, 5.74) is -0.752. The van der Waals surface area contributed by atoms with E-state index in [1.165, 1.54) is 38.5 Å². The van der Waals surface area contributed by atoms with E-state index in [1.54, 1.807) is 0 Å². The topological polar surface area (TPSA) is 9.23 Å². The van der Waals surface area contributed by atoms with Gasteiger partial charge in [-0.2, -0.15) is 8.78 Å². The van der Waals surface area contributed by atoms with Gasteiger partial charge in [0.25, 0.3) is 0 Å². The van der Waals surface area contributed by atoms with Crippen LogP contribution in [0.2, 0.25) is 0 Å². The van der Waals surface area contributed by atoms with Crippen LogP contribution in [0.3, 0.4) is 0 Å². The van der Waals surface area contributed by atoms with Crippen LogP contribution in [0.15, 0.2) is 12.1 Å². The normalized spacial score (nSPS) is 28.5. The first-order valence-electron chi connectivity index (χ1n) is 10.9. The highest BCUT2D eigenvalue weighted by atomic mass is 79.9. The fourth-order valence-electron chi connectivity index (χ4n) is 5.32. The molecule has 0 atom stereocenters. The zero-order chi connectivity index (χ0) is 21.0. The van der Waals surface area contributed by atoms with Gasteiger partial charge in [0.05, 0.1) is 6.10 Å². The van der Waals surface area contributed by atoms with E-state index < -0.39 is 22.0 Å². The number of benzene rings is 1. The van der Waals surface area contributed by atoms with Crippen LogP contribution in [0.1, 0.15) is 75.8 Å². The summed E-state index contributed by atoms with van der Waals surface area (Å²) in [6.07, 6.45) is 11.5. The van der Waals surface area contributed by atoms with Crippen LogP contribution in [-0.2, 0) is 16.0 Å². The molecule has 164 valence electrons. The average molecular weight is 479 g/mol. The van der Waals surface area contributed by atoms with E-state index in [4.69, 9.17) is 4.74 Å². The molecule has 0 N–H and O–H groups in total. The largest absolute Gasteiger partial charge is 0.379 e. The Morgan fingerprint density at radius 2 is 1.45 bits per heavy atom. The fourth-order valence-corrected chi connectivity index (χ4v) is 5.70. The fraction of sp³-hybridized carbons (Fsp3) is 0.739. The van der Waals surface area contributed by atoms with E-state index in [0.29, 0.717) is 24.0 Å². The van der Waals surface area contributed by atoms with Crippen LogP contribution < -0.4 is 0 Å². The summed E-state index contributed by atoms with van der Waals surface area (Å²) in [6, 6.07) is 2.10. The van der Waals surface area contributed by atoms with Gasteiger partial charge in [-0.3, -0.25) is 0 Å². The van der Waals surface area contributed by atoms with E-state index in [0.717, 1.165) is 49.8 Å². The molecule has 2 aliphatic rings. The van der Waals surface area contributed by atoms with Crippen LogP contribution in [0, 0.1) is 29.4 Å². The van der Waals surface area contributed by atoms with Gasteiger partial charge in [0.2, 0.25) is 0 Å². The van der Waals surface area contributed by atoms with E-state index in [2.05, 4.69) is 6.92 Å². The number of halogens is 5. The number of aryl methyl sites for hydroxylation is 1. The Kier molecular flexibility index (Phi) is 8.05. The molecule has 0 radical (unpaired) electrons. The van der Waals surface area contributed by atoms with Gasteiger partial charge in [0.1, 0.15) is 17.2 Å². The van der Waals surface area contributed by atoms with Gasteiger partial charge in [-0.15, -0.1) is 0 Å².